The lowest BCUT2D eigenvalue weighted by molar-refractivity contribution is -0.384. The number of hydrogen-bond donors (Lipinski definition) is 1. The third kappa shape index (κ3) is 3.21. The average Bonchev–Trinajstić information content (AvgIpc) is 3.08. The van der Waals surface area contributed by atoms with Crippen molar-refractivity contribution in [2.24, 2.45) is 0 Å². The maximum Gasteiger partial charge on any atom is 0.301 e. The molecule has 3 aromatic rings. The van der Waals surface area contributed by atoms with Crippen molar-refractivity contribution in [2.45, 2.75) is 0 Å². The van der Waals surface area contributed by atoms with Crippen LogP contribution >= 0.6 is 0 Å². The molecule has 8 heteroatoms. The van der Waals surface area contributed by atoms with Gasteiger partial charge in [0.2, 0.25) is 0 Å². The number of aromatic nitrogens is 2. The largest absolute Gasteiger partial charge is 0.432 e. The second kappa shape index (κ2) is 6.06. The molecule has 0 radical (unpaired) electrons. The number of benzene rings is 1. The first-order valence-electron chi connectivity index (χ1n) is 6.55. The molecule has 114 valence electrons. The summed E-state index contributed by atoms with van der Waals surface area (Å²) in [6.45, 7) is 0. The standard InChI is InChI=1S/C15H10N4O4/c20-14(18-15-17-6-7-23-15)11-4-5-16-13(9-11)10-2-1-3-12(8-10)19(21)22/h1-9H,(H,17,18,20). The smallest absolute Gasteiger partial charge is 0.301 e. The van der Waals surface area contributed by atoms with E-state index in [0.717, 1.165) is 0 Å². The molecule has 0 aliphatic rings. The lowest BCUT2D eigenvalue weighted by Gasteiger charge is -2.04. The van der Waals surface area contributed by atoms with E-state index in [1.807, 2.05) is 0 Å². The van der Waals surface area contributed by atoms with E-state index in [2.05, 4.69) is 15.3 Å². The Kier molecular flexibility index (Phi) is 3.79. The third-order valence-corrected chi connectivity index (χ3v) is 3.03. The molecule has 2 heterocycles. The summed E-state index contributed by atoms with van der Waals surface area (Å²) in [6.07, 6.45) is 4.21. The maximum absolute atomic E-state index is 12.1. The van der Waals surface area contributed by atoms with Gasteiger partial charge in [0, 0.05) is 29.5 Å². The van der Waals surface area contributed by atoms with Crippen LogP contribution in [0.25, 0.3) is 11.3 Å². The molecule has 1 N–H and O–H groups in total. The van der Waals surface area contributed by atoms with E-state index in [4.69, 9.17) is 4.42 Å². The van der Waals surface area contributed by atoms with Gasteiger partial charge >= 0.3 is 6.01 Å². The predicted octanol–water partition coefficient (Wildman–Crippen LogP) is 2.90. The molecule has 2 aromatic heterocycles. The van der Waals surface area contributed by atoms with Crippen molar-refractivity contribution in [3.63, 3.8) is 0 Å². The summed E-state index contributed by atoms with van der Waals surface area (Å²) in [7, 11) is 0. The summed E-state index contributed by atoms with van der Waals surface area (Å²) >= 11 is 0. The van der Waals surface area contributed by atoms with Gasteiger partial charge in [-0.05, 0) is 12.1 Å². The van der Waals surface area contributed by atoms with Crippen LogP contribution in [0, 0.1) is 10.1 Å². The molecule has 0 bridgehead atoms. The summed E-state index contributed by atoms with van der Waals surface area (Å²) in [5.41, 5.74) is 1.29. The van der Waals surface area contributed by atoms with Crippen LogP contribution < -0.4 is 5.32 Å². The number of hydrogen-bond acceptors (Lipinski definition) is 6. The molecule has 23 heavy (non-hydrogen) atoms. The Morgan fingerprint density at radius 1 is 1.17 bits per heavy atom. The van der Waals surface area contributed by atoms with Crippen molar-refractivity contribution >= 4 is 17.6 Å². The Balaban J connectivity index is 1.89. The Bertz CT molecular complexity index is 861. The van der Waals surface area contributed by atoms with E-state index >= 15 is 0 Å². The Hall–Kier alpha value is -3.55. The van der Waals surface area contributed by atoms with Gasteiger partial charge in [-0.15, -0.1) is 0 Å². The first-order valence-corrected chi connectivity index (χ1v) is 6.55. The summed E-state index contributed by atoms with van der Waals surface area (Å²) in [5.74, 6) is -0.415. The zero-order chi connectivity index (χ0) is 16.2. The maximum atomic E-state index is 12.1. The van der Waals surface area contributed by atoms with Gasteiger partial charge in [0.05, 0.1) is 16.8 Å². The van der Waals surface area contributed by atoms with Gasteiger partial charge in [0.15, 0.2) is 0 Å². The topological polar surface area (TPSA) is 111 Å². The number of anilines is 1. The summed E-state index contributed by atoms with van der Waals surface area (Å²) in [6, 6.07) is 9.19. The Morgan fingerprint density at radius 2 is 2.04 bits per heavy atom. The molecule has 1 amide bonds. The van der Waals surface area contributed by atoms with Gasteiger partial charge in [-0.1, -0.05) is 12.1 Å². The number of oxazole rings is 1. The van der Waals surface area contributed by atoms with Gasteiger partial charge in [-0.3, -0.25) is 25.2 Å². The third-order valence-electron chi connectivity index (χ3n) is 3.03. The quantitative estimate of drug-likeness (QED) is 0.586. The predicted molar refractivity (Wildman–Crippen MR) is 80.8 cm³/mol. The molecule has 0 aliphatic carbocycles. The minimum Gasteiger partial charge on any atom is -0.432 e. The number of nitro groups is 1. The SMILES string of the molecule is O=C(Nc1ncco1)c1ccnc(-c2cccc([N+](=O)[O-])c2)c1. The fourth-order valence-electron chi connectivity index (χ4n) is 1.96. The van der Waals surface area contributed by atoms with Crippen molar-refractivity contribution in [3.8, 4) is 11.3 Å². The highest BCUT2D eigenvalue weighted by Gasteiger charge is 2.12. The van der Waals surface area contributed by atoms with E-state index in [1.54, 1.807) is 12.1 Å². The Morgan fingerprint density at radius 3 is 2.78 bits per heavy atom. The molecule has 0 saturated heterocycles. The molecule has 0 atom stereocenters. The second-order valence-electron chi connectivity index (χ2n) is 4.53. The molecule has 8 nitrogen and oxygen atoms in total. The first-order chi connectivity index (χ1) is 11.1. The highest BCUT2D eigenvalue weighted by Crippen LogP contribution is 2.23. The van der Waals surface area contributed by atoms with Crippen molar-refractivity contribution in [1.29, 1.82) is 0 Å². The molecule has 0 saturated carbocycles. The number of carbonyl (C=O) groups excluding carboxylic acids is 1. The van der Waals surface area contributed by atoms with Crippen LogP contribution in [0.3, 0.4) is 0 Å². The monoisotopic (exact) mass is 310 g/mol. The van der Waals surface area contributed by atoms with Crippen molar-refractivity contribution < 1.29 is 14.1 Å². The fraction of sp³-hybridized carbons (Fsp3) is 0. The molecule has 1 aromatic carbocycles. The fourth-order valence-corrected chi connectivity index (χ4v) is 1.96. The number of amides is 1. The number of rotatable bonds is 4. The van der Waals surface area contributed by atoms with Gasteiger partial charge < -0.3 is 4.42 Å². The molecule has 0 spiro atoms. The number of carbonyl (C=O) groups is 1. The van der Waals surface area contributed by atoms with Crippen LogP contribution in [-0.4, -0.2) is 20.8 Å². The molecule has 0 fully saturated rings. The minimum absolute atomic E-state index is 0.0426. The van der Waals surface area contributed by atoms with E-state index in [1.165, 1.54) is 42.9 Å². The lowest BCUT2D eigenvalue weighted by Crippen LogP contribution is -2.12. The molecule has 3 rings (SSSR count). The Labute approximate surface area is 130 Å². The van der Waals surface area contributed by atoms with E-state index in [0.29, 0.717) is 16.8 Å². The van der Waals surface area contributed by atoms with Crippen LogP contribution in [0.1, 0.15) is 10.4 Å². The molecule has 0 unspecified atom stereocenters. The zero-order valence-electron chi connectivity index (χ0n) is 11.7. The molecular weight excluding hydrogens is 300 g/mol. The van der Waals surface area contributed by atoms with Crippen LogP contribution in [0.5, 0.6) is 0 Å². The van der Waals surface area contributed by atoms with Crippen LogP contribution in [0.15, 0.2) is 59.5 Å². The summed E-state index contributed by atoms with van der Waals surface area (Å²) in [5, 5.41) is 13.3. The van der Waals surface area contributed by atoms with Crippen molar-refractivity contribution in [2.75, 3.05) is 5.32 Å². The van der Waals surface area contributed by atoms with Crippen LogP contribution in [-0.2, 0) is 0 Å². The van der Waals surface area contributed by atoms with Crippen molar-refractivity contribution in [3.05, 3.63) is 70.7 Å². The van der Waals surface area contributed by atoms with Crippen LogP contribution in [0.2, 0.25) is 0 Å². The highest BCUT2D eigenvalue weighted by molar-refractivity contribution is 6.03. The molecular formula is C15H10N4O4. The first kappa shape index (κ1) is 14.4. The van der Waals surface area contributed by atoms with Gasteiger partial charge in [0.1, 0.15) is 6.26 Å². The van der Waals surface area contributed by atoms with E-state index in [-0.39, 0.29) is 11.7 Å². The lowest BCUT2D eigenvalue weighted by atomic mass is 10.1. The second-order valence-corrected chi connectivity index (χ2v) is 4.53. The van der Waals surface area contributed by atoms with Gasteiger partial charge in [-0.25, -0.2) is 4.98 Å². The number of nitrogens with zero attached hydrogens (tertiary/aromatic N) is 3. The van der Waals surface area contributed by atoms with Crippen LogP contribution in [0.4, 0.5) is 11.7 Å². The number of nitrogens with one attached hydrogen (secondary N) is 1. The van der Waals surface area contributed by atoms with E-state index in [9.17, 15) is 14.9 Å². The van der Waals surface area contributed by atoms with Gasteiger partial charge in [0.25, 0.3) is 11.6 Å². The normalized spacial score (nSPS) is 10.3. The summed E-state index contributed by atoms with van der Waals surface area (Å²) in [4.78, 5) is 30.4. The summed E-state index contributed by atoms with van der Waals surface area (Å²) < 4.78 is 4.95. The number of non-ortho nitro benzene ring substituents is 1. The minimum atomic E-state index is -0.483. The number of nitro benzene ring substituents is 1. The van der Waals surface area contributed by atoms with Gasteiger partial charge in [-0.2, -0.15) is 0 Å². The van der Waals surface area contributed by atoms with E-state index < -0.39 is 10.8 Å². The van der Waals surface area contributed by atoms with Crippen molar-refractivity contribution in [1.82, 2.24) is 9.97 Å². The zero-order valence-corrected chi connectivity index (χ0v) is 11.7. The highest BCUT2D eigenvalue weighted by atomic mass is 16.6. The molecule has 0 aliphatic heterocycles. The number of pyridine rings is 1. The average molecular weight is 310 g/mol.